The molecule has 0 aromatic heterocycles. The van der Waals surface area contributed by atoms with E-state index in [0.717, 1.165) is 17.8 Å². The Morgan fingerprint density at radius 3 is 2.50 bits per heavy atom. The Balaban J connectivity index is 1.65. The number of hydrogen-bond acceptors (Lipinski definition) is 1. The highest BCUT2D eigenvalue weighted by atomic mass is 14.9. The molecule has 0 aromatic rings. The average Bonchev–Trinajstić information content (AvgIpc) is 2.95. The van der Waals surface area contributed by atoms with Gasteiger partial charge in [-0.2, -0.15) is 0 Å². The van der Waals surface area contributed by atoms with Crippen LogP contribution in [0.1, 0.15) is 52.4 Å². The third kappa shape index (κ3) is 2.73. The minimum atomic E-state index is 0.669. The second-order valence-electron chi connectivity index (χ2n) is 5.62. The van der Waals surface area contributed by atoms with Crippen LogP contribution in [0.4, 0.5) is 0 Å². The van der Waals surface area contributed by atoms with Gasteiger partial charge in [0.25, 0.3) is 0 Å². The van der Waals surface area contributed by atoms with Crippen molar-refractivity contribution in [3.63, 3.8) is 0 Å². The van der Waals surface area contributed by atoms with Gasteiger partial charge in [0, 0.05) is 6.04 Å². The predicted octanol–water partition coefficient (Wildman–Crippen LogP) is 3.20. The molecule has 0 heterocycles. The fourth-order valence-corrected chi connectivity index (χ4v) is 3.03. The molecular weight excluding hydrogens is 170 g/mol. The van der Waals surface area contributed by atoms with E-state index in [9.17, 15) is 0 Å². The van der Waals surface area contributed by atoms with Crippen molar-refractivity contribution in [3.05, 3.63) is 0 Å². The van der Waals surface area contributed by atoms with Gasteiger partial charge in [-0.25, -0.2) is 0 Å². The smallest absolute Gasteiger partial charge is 0.00104 e. The summed E-state index contributed by atoms with van der Waals surface area (Å²) in [6.07, 6.45) is 9.09. The molecule has 0 aromatic carbocycles. The SMILES string of the molecule is CC(C)NCC1CC1C1CCCCC1. The average molecular weight is 195 g/mol. The first-order valence-electron chi connectivity index (χ1n) is 6.50. The molecule has 0 radical (unpaired) electrons. The summed E-state index contributed by atoms with van der Waals surface area (Å²) < 4.78 is 0. The number of hydrogen-bond donors (Lipinski definition) is 1. The molecule has 1 heteroatoms. The maximum atomic E-state index is 3.58. The van der Waals surface area contributed by atoms with Crippen LogP contribution >= 0.6 is 0 Å². The van der Waals surface area contributed by atoms with Crippen molar-refractivity contribution in [3.8, 4) is 0 Å². The Hall–Kier alpha value is -0.0400. The Morgan fingerprint density at radius 1 is 1.14 bits per heavy atom. The molecule has 1 N–H and O–H groups in total. The summed E-state index contributed by atoms with van der Waals surface area (Å²) in [7, 11) is 0. The van der Waals surface area contributed by atoms with Crippen molar-refractivity contribution in [2.24, 2.45) is 17.8 Å². The van der Waals surface area contributed by atoms with Crippen LogP contribution in [0.3, 0.4) is 0 Å². The molecule has 1 nitrogen and oxygen atoms in total. The first-order valence-corrected chi connectivity index (χ1v) is 6.50. The summed E-state index contributed by atoms with van der Waals surface area (Å²) in [4.78, 5) is 0. The van der Waals surface area contributed by atoms with E-state index in [0.29, 0.717) is 6.04 Å². The van der Waals surface area contributed by atoms with E-state index in [1.165, 1.54) is 45.1 Å². The van der Waals surface area contributed by atoms with Gasteiger partial charge in [0.2, 0.25) is 0 Å². The van der Waals surface area contributed by atoms with Crippen LogP contribution in [0.2, 0.25) is 0 Å². The van der Waals surface area contributed by atoms with Gasteiger partial charge >= 0.3 is 0 Å². The second kappa shape index (κ2) is 4.65. The molecule has 82 valence electrons. The Kier molecular flexibility index (Phi) is 3.48. The zero-order chi connectivity index (χ0) is 9.97. The van der Waals surface area contributed by atoms with Crippen molar-refractivity contribution >= 4 is 0 Å². The van der Waals surface area contributed by atoms with Crippen molar-refractivity contribution < 1.29 is 0 Å². The summed E-state index contributed by atoms with van der Waals surface area (Å²) in [6.45, 7) is 5.77. The molecule has 0 spiro atoms. The van der Waals surface area contributed by atoms with Crippen LogP contribution in [0.5, 0.6) is 0 Å². The maximum absolute atomic E-state index is 3.58. The molecule has 2 saturated carbocycles. The highest BCUT2D eigenvalue weighted by Crippen LogP contribution is 2.48. The second-order valence-corrected chi connectivity index (χ2v) is 5.62. The number of nitrogens with one attached hydrogen (secondary N) is 1. The molecule has 2 unspecified atom stereocenters. The minimum absolute atomic E-state index is 0.669. The molecule has 2 aliphatic carbocycles. The normalized spacial score (nSPS) is 33.6. The first-order chi connectivity index (χ1) is 6.77. The lowest BCUT2D eigenvalue weighted by atomic mass is 9.85. The largest absolute Gasteiger partial charge is 0.314 e. The van der Waals surface area contributed by atoms with Crippen molar-refractivity contribution in [2.75, 3.05) is 6.54 Å². The van der Waals surface area contributed by atoms with Crippen molar-refractivity contribution in [1.29, 1.82) is 0 Å². The standard InChI is InChI=1S/C13H25N/c1-10(2)14-9-12-8-13(12)11-6-4-3-5-7-11/h10-14H,3-9H2,1-2H3. The van der Waals surface area contributed by atoms with E-state index in [1.54, 1.807) is 0 Å². The lowest BCUT2D eigenvalue weighted by Gasteiger charge is -2.21. The summed E-state index contributed by atoms with van der Waals surface area (Å²) in [5.74, 6) is 3.23. The highest BCUT2D eigenvalue weighted by molar-refractivity contribution is 4.93. The molecule has 14 heavy (non-hydrogen) atoms. The maximum Gasteiger partial charge on any atom is 0.00104 e. The van der Waals surface area contributed by atoms with Crippen molar-refractivity contribution in [2.45, 2.75) is 58.4 Å². The third-order valence-corrected chi connectivity index (χ3v) is 4.02. The molecule has 2 aliphatic rings. The monoisotopic (exact) mass is 195 g/mol. The molecule has 0 saturated heterocycles. The van der Waals surface area contributed by atoms with Gasteiger partial charge in [0.05, 0.1) is 0 Å². The summed E-state index contributed by atoms with van der Waals surface area (Å²) in [5.41, 5.74) is 0. The lowest BCUT2D eigenvalue weighted by molar-refractivity contribution is 0.307. The number of rotatable bonds is 4. The van der Waals surface area contributed by atoms with Crippen LogP contribution in [-0.4, -0.2) is 12.6 Å². The van der Waals surface area contributed by atoms with Gasteiger partial charge in [-0.05, 0) is 30.7 Å². The quantitative estimate of drug-likeness (QED) is 0.726. The molecule has 0 bridgehead atoms. The zero-order valence-electron chi connectivity index (χ0n) is 9.76. The summed E-state index contributed by atoms with van der Waals surface area (Å²) in [6, 6.07) is 0.669. The van der Waals surface area contributed by atoms with Gasteiger partial charge in [0.1, 0.15) is 0 Å². The van der Waals surface area contributed by atoms with E-state index in [-0.39, 0.29) is 0 Å². The molecule has 0 aliphatic heterocycles. The van der Waals surface area contributed by atoms with Crippen LogP contribution in [-0.2, 0) is 0 Å². The fourth-order valence-electron chi connectivity index (χ4n) is 3.03. The van der Waals surface area contributed by atoms with Crippen LogP contribution in [0.25, 0.3) is 0 Å². The third-order valence-electron chi connectivity index (χ3n) is 4.02. The van der Waals surface area contributed by atoms with E-state index in [2.05, 4.69) is 19.2 Å². The summed E-state index contributed by atoms with van der Waals surface area (Å²) in [5, 5.41) is 3.58. The van der Waals surface area contributed by atoms with E-state index in [4.69, 9.17) is 0 Å². The minimum Gasteiger partial charge on any atom is -0.314 e. The molecule has 0 amide bonds. The highest BCUT2D eigenvalue weighted by Gasteiger charge is 2.42. The van der Waals surface area contributed by atoms with Gasteiger partial charge in [-0.15, -0.1) is 0 Å². The van der Waals surface area contributed by atoms with E-state index in [1.807, 2.05) is 0 Å². The van der Waals surface area contributed by atoms with Crippen molar-refractivity contribution in [1.82, 2.24) is 5.32 Å². The molecule has 2 atom stereocenters. The van der Waals surface area contributed by atoms with Crippen LogP contribution in [0, 0.1) is 17.8 Å². The van der Waals surface area contributed by atoms with Gasteiger partial charge < -0.3 is 5.32 Å². The van der Waals surface area contributed by atoms with Gasteiger partial charge in [-0.1, -0.05) is 46.0 Å². The lowest BCUT2D eigenvalue weighted by Crippen LogP contribution is -2.26. The fraction of sp³-hybridized carbons (Fsp3) is 1.00. The van der Waals surface area contributed by atoms with E-state index < -0.39 is 0 Å². The van der Waals surface area contributed by atoms with E-state index >= 15 is 0 Å². The Labute approximate surface area is 88.7 Å². The first kappa shape index (κ1) is 10.5. The van der Waals surface area contributed by atoms with Gasteiger partial charge in [0.15, 0.2) is 0 Å². The Morgan fingerprint density at radius 2 is 1.86 bits per heavy atom. The Bertz CT molecular complexity index is 170. The predicted molar refractivity (Wildman–Crippen MR) is 61.3 cm³/mol. The molecule has 2 fully saturated rings. The summed E-state index contributed by atoms with van der Waals surface area (Å²) >= 11 is 0. The topological polar surface area (TPSA) is 12.0 Å². The van der Waals surface area contributed by atoms with Crippen LogP contribution < -0.4 is 5.32 Å². The molecule has 2 rings (SSSR count). The van der Waals surface area contributed by atoms with Gasteiger partial charge in [-0.3, -0.25) is 0 Å². The zero-order valence-corrected chi connectivity index (χ0v) is 9.76. The van der Waals surface area contributed by atoms with Crippen LogP contribution in [0.15, 0.2) is 0 Å². The molecular formula is C13H25N.